The highest BCUT2D eigenvalue weighted by atomic mass is 79.9. The van der Waals surface area contributed by atoms with Crippen LogP contribution in [-0.2, 0) is 4.74 Å². The van der Waals surface area contributed by atoms with Gasteiger partial charge < -0.3 is 10.5 Å². The van der Waals surface area contributed by atoms with E-state index in [-0.39, 0.29) is 0 Å². The van der Waals surface area contributed by atoms with E-state index in [4.69, 9.17) is 10.5 Å². The standard InChI is InChI=1S/C13H14Br2N2O2/c1-13(2,3)19-12(18)17-6-9(15)7-4-10(16)8(14)5-11(7)17/h4-6H,16H2,1-3H3. The number of anilines is 1. The molecule has 1 heterocycles. The van der Waals surface area contributed by atoms with Gasteiger partial charge in [0.05, 0.1) is 5.52 Å². The average molecular weight is 390 g/mol. The van der Waals surface area contributed by atoms with Gasteiger partial charge in [0.2, 0.25) is 0 Å². The monoisotopic (exact) mass is 388 g/mol. The minimum absolute atomic E-state index is 0.417. The number of hydrogen-bond donors (Lipinski definition) is 1. The maximum absolute atomic E-state index is 12.2. The number of benzene rings is 1. The number of hydrogen-bond acceptors (Lipinski definition) is 3. The molecule has 2 rings (SSSR count). The molecule has 2 aromatic rings. The number of nitrogens with zero attached hydrogens (tertiary/aromatic N) is 1. The molecule has 0 unspecified atom stereocenters. The van der Waals surface area contributed by atoms with Crippen LogP contribution in [-0.4, -0.2) is 16.3 Å². The van der Waals surface area contributed by atoms with Gasteiger partial charge in [-0.1, -0.05) is 0 Å². The Kier molecular flexibility index (Phi) is 3.66. The number of carbonyl (C=O) groups excluding carboxylic acids is 1. The highest BCUT2D eigenvalue weighted by molar-refractivity contribution is 9.11. The minimum Gasteiger partial charge on any atom is -0.443 e. The Balaban J connectivity index is 2.56. The molecule has 0 amide bonds. The van der Waals surface area contributed by atoms with E-state index >= 15 is 0 Å². The largest absolute Gasteiger partial charge is 0.443 e. The number of halogens is 2. The molecule has 1 aromatic carbocycles. The van der Waals surface area contributed by atoms with Gasteiger partial charge in [-0.2, -0.15) is 0 Å². The lowest BCUT2D eigenvalue weighted by atomic mass is 10.2. The predicted molar refractivity (Wildman–Crippen MR) is 83.4 cm³/mol. The molecule has 19 heavy (non-hydrogen) atoms. The number of aromatic nitrogens is 1. The molecule has 0 fully saturated rings. The summed E-state index contributed by atoms with van der Waals surface area (Å²) in [5.74, 6) is 0. The summed E-state index contributed by atoms with van der Waals surface area (Å²) in [7, 11) is 0. The van der Waals surface area contributed by atoms with Crippen LogP contribution in [0.5, 0.6) is 0 Å². The number of fused-ring (bicyclic) bond motifs is 1. The van der Waals surface area contributed by atoms with Crippen LogP contribution in [0.2, 0.25) is 0 Å². The lowest BCUT2D eigenvalue weighted by Gasteiger charge is -2.19. The summed E-state index contributed by atoms with van der Waals surface area (Å²) >= 11 is 6.79. The lowest BCUT2D eigenvalue weighted by molar-refractivity contribution is 0.0544. The highest BCUT2D eigenvalue weighted by Crippen LogP contribution is 2.32. The molecule has 0 radical (unpaired) electrons. The summed E-state index contributed by atoms with van der Waals surface area (Å²) in [5.41, 5.74) is 6.67. The van der Waals surface area contributed by atoms with Gasteiger partial charge in [-0.15, -0.1) is 0 Å². The van der Waals surface area contributed by atoms with Crippen LogP contribution in [0.25, 0.3) is 10.9 Å². The van der Waals surface area contributed by atoms with Crippen LogP contribution >= 0.6 is 31.9 Å². The van der Waals surface area contributed by atoms with E-state index in [1.165, 1.54) is 4.57 Å². The maximum atomic E-state index is 12.2. The molecule has 0 saturated heterocycles. The molecule has 6 heteroatoms. The van der Waals surface area contributed by atoms with E-state index in [2.05, 4.69) is 31.9 Å². The Bertz CT molecular complexity index is 657. The fraction of sp³-hybridized carbons (Fsp3) is 0.308. The predicted octanol–water partition coefficient (Wildman–Crippen LogP) is 4.53. The van der Waals surface area contributed by atoms with Crippen molar-refractivity contribution in [2.45, 2.75) is 26.4 Å². The van der Waals surface area contributed by atoms with Gasteiger partial charge in [0.25, 0.3) is 0 Å². The van der Waals surface area contributed by atoms with Gasteiger partial charge in [0.1, 0.15) is 5.60 Å². The van der Waals surface area contributed by atoms with Gasteiger partial charge >= 0.3 is 6.09 Å². The van der Waals surface area contributed by atoms with E-state index in [1.54, 1.807) is 12.3 Å². The van der Waals surface area contributed by atoms with Gasteiger partial charge in [0.15, 0.2) is 0 Å². The van der Waals surface area contributed by atoms with E-state index in [9.17, 15) is 4.79 Å². The Hall–Kier alpha value is -1.01. The normalized spacial score (nSPS) is 11.8. The lowest BCUT2D eigenvalue weighted by Crippen LogP contribution is -2.26. The van der Waals surface area contributed by atoms with Crippen molar-refractivity contribution in [3.8, 4) is 0 Å². The second-order valence-electron chi connectivity index (χ2n) is 5.22. The summed E-state index contributed by atoms with van der Waals surface area (Å²) in [6.07, 6.45) is 1.27. The van der Waals surface area contributed by atoms with Crippen molar-refractivity contribution in [2.24, 2.45) is 0 Å². The molecule has 0 atom stereocenters. The van der Waals surface area contributed by atoms with Crippen molar-refractivity contribution in [1.29, 1.82) is 0 Å². The van der Waals surface area contributed by atoms with Crippen molar-refractivity contribution in [3.05, 3.63) is 27.3 Å². The van der Waals surface area contributed by atoms with Gasteiger partial charge in [-0.05, 0) is 64.8 Å². The zero-order chi connectivity index (χ0) is 14.4. The molecule has 0 spiro atoms. The van der Waals surface area contributed by atoms with Crippen LogP contribution in [0.4, 0.5) is 10.5 Å². The smallest absolute Gasteiger partial charge is 0.419 e. The summed E-state index contributed by atoms with van der Waals surface area (Å²) in [6, 6.07) is 3.61. The molecule has 0 saturated carbocycles. The molecule has 0 aliphatic carbocycles. The second-order valence-corrected chi connectivity index (χ2v) is 6.93. The number of carbonyl (C=O) groups is 1. The van der Waals surface area contributed by atoms with Crippen molar-refractivity contribution >= 4 is 54.5 Å². The molecular weight excluding hydrogens is 376 g/mol. The second kappa shape index (κ2) is 4.83. The van der Waals surface area contributed by atoms with Gasteiger partial charge in [0, 0.05) is 26.2 Å². The molecule has 0 aliphatic rings. The number of ether oxygens (including phenoxy) is 1. The number of rotatable bonds is 0. The van der Waals surface area contributed by atoms with Gasteiger partial charge in [-0.25, -0.2) is 4.79 Å². The van der Waals surface area contributed by atoms with E-state index in [0.717, 1.165) is 19.8 Å². The van der Waals surface area contributed by atoms with Crippen LogP contribution in [0.1, 0.15) is 20.8 Å². The Morgan fingerprint density at radius 2 is 1.89 bits per heavy atom. The van der Waals surface area contributed by atoms with E-state index in [1.807, 2.05) is 26.8 Å². The van der Waals surface area contributed by atoms with Crippen molar-refractivity contribution in [1.82, 2.24) is 4.57 Å². The Labute approximate surface area is 128 Å². The van der Waals surface area contributed by atoms with Crippen LogP contribution in [0, 0.1) is 0 Å². The van der Waals surface area contributed by atoms with Crippen molar-refractivity contribution in [2.75, 3.05) is 5.73 Å². The summed E-state index contributed by atoms with van der Waals surface area (Å²) in [5, 5.41) is 0.867. The van der Waals surface area contributed by atoms with Crippen LogP contribution in [0.3, 0.4) is 0 Å². The Morgan fingerprint density at radius 1 is 1.26 bits per heavy atom. The third kappa shape index (κ3) is 2.95. The maximum Gasteiger partial charge on any atom is 0.419 e. The SMILES string of the molecule is CC(C)(C)OC(=O)n1cc(Br)c2cc(N)c(Br)cc21. The first kappa shape index (κ1) is 14.4. The van der Waals surface area contributed by atoms with Crippen molar-refractivity contribution in [3.63, 3.8) is 0 Å². The van der Waals surface area contributed by atoms with Gasteiger partial charge in [-0.3, -0.25) is 4.57 Å². The molecule has 0 bridgehead atoms. The molecular formula is C13H14Br2N2O2. The highest BCUT2D eigenvalue weighted by Gasteiger charge is 2.20. The zero-order valence-corrected chi connectivity index (χ0v) is 14.0. The first-order chi connectivity index (χ1) is 8.69. The molecule has 2 N–H and O–H groups in total. The van der Waals surface area contributed by atoms with E-state index < -0.39 is 11.7 Å². The van der Waals surface area contributed by atoms with Crippen molar-refractivity contribution < 1.29 is 9.53 Å². The quantitative estimate of drug-likeness (QED) is 0.673. The van der Waals surface area contributed by atoms with Crippen LogP contribution < -0.4 is 5.73 Å². The third-order valence-electron chi connectivity index (χ3n) is 2.46. The molecule has 102 valence electrons. The molecule has 1 aromatic heterocycles. The zero-order valence-electron chi connectivity index (χ0n) is 10.8. The molecule has 0 aliphatic heterocycles. The topological polar surface area (TPSA) is 57.2 Å². The summed E-state index contributed by atoms with van der Waals surface area (Å²) in [4.78, 5) is 12.2. The fourth-order valence-electron chi connectivity index (χ4n) is 1.68. The number of nitrogen functional groups attached to an aromatic ring is 1. The summed E-state index contributed by atoms with van der Waals surface area (Å²) < 4.78 is 8.38. The fourth-order valence-corrected chi connectivity index (χ4v) is 2.54. The summed E-state index contributed by atoms with van der Waals surface area (Å²) in [6.45, 7) is 5.50. The first-order valence-electron chi connectivity index (χ1n) is 5.68. The first-order valence-corrected chi connectivity index (χ1v) is 7.26. The molecule has 4 nitrogen and oxygen atoms in total. The third-order valence-corrected chi connectivity index (χ3v) is 3.78. The number of nitrogens with two attached hydrogens (primary N) is 1. The Morgan fingerprint density at radius 3 is 2.47 bits per heavy atom. The van der Waals surface area contributed by atoms with E-state index in [0.29, 0.717) is 5.69 Å². The van der Waals surface area contributed by atoms with Crippen LogP contribution in [0.15, 0.2) is 27.3 Å². The average Bonchev–Trinajstić information content (AvgIpc) is 2.55. The minimum atomic E-state index is -0.537.